The molecule has 2 atom stereocenters. The van der Waals surface area contributed by atoms with E-state index in [4.69, 9.17) is 32.8 Å². The molecule has 1 amide bonds. The van der Waals surface area contributed by atoms with Crippen molar-refractivity contribution in [3.8, 4) is 5.75 Å². The van der Waals surface area contributed by atoms with Gasteiger partial charge in [0.1, 0.15) is 23.7 Å². The van der Waals surface area contributed by atoms with Crippen LogP contribution in [0.25, 0.3) is 0 Å². The topological polar surface area (TPSA) is 98.3 Å². The molecule has 2 N–H and O–H groups in total. The van der Waals surface area contributed by atoms with Crippen molar-refractivity contribution in [2.45, 2.75) is 43.8 Å². The monoisotopic (exact) mass is 698 g/mol. The van der Waals surface area contributed by atoms with Crippen molar-refractivity contribution in [3.63, 3.8) is 0 Å². The van der Waals surface area contributed by atoms with E-state index < -0.39 is 11.9 Å². The van der Waals surface area contributed by atoms with Gasteiger partial charge < -0.3 is 25.2 Å². The Hall–Kier alpha value is -3.68. The highest BCUT2D eigenvalue weighted by Crippen LogP contribution is 2.42. The number of hydrogen-bond acceptors (Lipinski definition) is 10. The Morgan fingerprint density at radius 1 is 1.10 bits per heavy atom. The summed E-state index contributed by atoms with van der Waals surface area (Å²) < 4.78 is 20.9. The van der Waals surface area contributed by atoms with Crippen molar-refractivity contribution in [1.82, 2.24) is 19.8 Å². The second-order valence-electron chi connectivity index (χ2n) is 12.5. The molecule has 4 heterocycles. The van der Waals surface area contributed by atoms with Crippen molar-refractivity contribution in [3.05, 3.63) is 70.7 Å². The van der Waals surface area contributed by atoms with Crippen molar-refractivity contribution < 1.29 is 18.8 Å². The minimum absolute atomic E-state index is 0.130. The molecule has 3 aliphatic rings. The molecule has 0 bridgehead atoms. The molecule has 2 aromatic carbocycles. The molecule has 14 heteroatoms. The van der Waals surface area contributed by atoms with Crippen LogP contribution in [0.1, 0.15) is 37.3 Å². The van der Waals surface area contributed by atoms with Gasteiger partial charge in [-0.3, -0.25) is 14.5 Å². The van der Waals surface area contributed by atoms with E-state index in [-0.39, 0.29) is 16.0 Å². The number of hydroxylamine groups is 1. The number of carbonyl (C=O) groups is 1. The Morgan fingerprint density at radius 3 is 2.60 bits per heavy atom. The predicted octanol–water partition coefficient (Wildman–Crippen LogP) is 6.29. The zero-order valence-corrected chi connectivity index (χ0v) is 28.9. The van der Waals surface area contributed by atoms with Crippen LogP contribution in [-0.2, 0) is 9.63 Å². The van der Waals surface area contributed by atoms with E-state index >= 15 is 4.39 Å². The number of nitrogens with zero attached hydrogens (tertiary/aromatic N) is 6. The summed E-state index contributed by atoms with van der Waals surface area (Å²) in [5, 5.41) is 7.87. The van der Waals surface area contributed by atoms with Crippen LogP contribution in [0, 0.1) is 5.82 Å². The lowest BCUT2D eigenvalue weighted by atomic mass is 10.0. The first-order valence-electron chi connectivity index (χ1n) is 16.1. The van der Waals surface area contributed by atoms with Gasteiger partial charge in [0.05, 0.1) is 46.9 Å². The molecule has 3 aliphatic heterocycles. The van der Waals surface area contributed by atoms with Gasteiger partial charge in [-0.05, 0) is 51.6 Å². The van der Waals surface area contributed by atoms with Gasteiger partial charge in [0.15, 0.2) is 5.82 Å². The minimum atomic E-state index is -0.589. The van der Waals surface area contributed by atoms with Crippen molar-refractivity contribution in [2.75, 3.05) is 74.6 Å². The highest BCUT2D eigenvalue weighted by atomic mass is 35.5. The third-order valence-corrected chi connectivity index (χ3v) is 10.3. The first kappa shape index (κ1) is 34.2. The second kappa shape index (κ2) is 14.8. The Morgan fingerprint density at radius 2 is 1.90 bits per heavy atom. The number of methoxy groups -OCH3 is 1. The van der Waals surface area contributed by atoms with Crippen molar-refractivity contribution in [1.29, 1.82) is 0 Å². The maximum Gasteiger partial charge on any atom is 0.247 e. The fraction of sp³-hybridized carbons (Fsp3) is 0.441. The number of anilines is 5. The number of halogens is 3. The van der Waals surface area contributed by atoms with Gasteiger partial charge in [-0.15, -0.1) is 0 Å². The number of likely N-dealkylation sites (N-methyl/N-ethyl adjacent to an activating group) is 1. The molecular formula is C34H41Cl2FN8O3. The first-order valence-corrected chi connectivity index (χ1v) is 16.9. The number of rotatable bonds is 10. The summed E-state index contributed by atoms with van der Waals surface area (Å²) >= 11 is 12.1. The van der Waals surface area contributed by atoms with Crippen LogP contribution in [-0.4, -0.2) is 91.7 Å². The number of carbonyl (C=O) groups excluding carboxylic acids is 1. The van der Waals surface area contributed by atoms with E-state index in [0.29, 0.717) is 59.4 Å². The normalized spacial score (nSPS) is 20.4. The van der Waals surface area contributed by atoms with Crippen LogP contribution < -0.4 is 25.3 Å². The van der Waals surface area contributed by atoms with Gasteiger partial charge in [0, 0.05) is 62.4 Å². The van der Waals surface area contributed by atoms with Gasteiger partial charge in [0.25, 0.3) is 0 Å². The summed E-state index contributed by atoms with van der Waals surface area (Å²) in [7, 11) is 5.92. The summed E-state index contributed by atoms with van der Waals surface area (Å²) in [5.41, 5.74) is 2.44. The number of hydrogen-bond donors (Lipinski definition) is 2. The molecule has 48 heavy (non-hydrogen) atoms. The standard InChI is InChI=1S/C34H41Cl2FN8O3/c1-5-32(46)41-25-16-26(29(47-4)17-28(25)43-12-8-21(9-13-43)44-14-10-22(19-44)42(2)3)40-30-18-31(39-20-38-30)45-27(11-15-48-45)23-6-7-24(35)33(36)34(23)37/h5-7,16-18,20-22,27H,1,8-15,19H2,2-4H3,(H,41,46)(H,38,39,40). The number of likely N-dealkylation sites (tertiary alicyclic amines) is 1. The molecule has 1 aromatic heterocycles. The van der Waals surface area contributed by atoms with E-state index in [0.717, 1.165) is 44.7 Å². The largest absolute Gasteiger partial charge is 0.494 e. The molecule has 2 unspecified atom stereocenters. The SMILES string of the molecule is C=CC(=O)Nc1cc(Nc2cc(N3OCCC3c3ccc(Cl)c(Cl)c3F)ncn2)c(OC)cc1N1CCC(N2CCC(N(C)C)C2)CC1. The number of ether oxygens (including phenoxy) is 1. The zero-order chi connectivity index (χ0) is 33.9. The van der Waals surface area contributed by atoms with Crippen LogP contribution in [0.5, 0.6) is 5.75 Å². The summed E-state index contributed by atoms with van der Waals surface area (Å²) in [6.45, 7) is 7.95. The van der Waals surface area contributed by atoms with E-state index in [9.17, 15) is 4.79 Å². The van der Waals surface area contributed by atoms with E-state index in [1.165, 1.54) is 18.8 Å². The van der Waals surface area contributed by atoms with Crippen LogP contribution in [0.4, 0.5) is 33.1 Å². The van der Waals surface area contributed by atoms with Crippen LogP contribution >= 0.6 is 23.2 Å². The minimum Gasteiger partial charge on any atom is -0.494 e. The summed E-state index contributed by atoms with van der Waals surface area (Å²) in [6.07, 6.45) is 6.44. The number of nitrogens with one attached hydrogen (secondary N) is 2. The average Bonchev–Trinajstić information content (AvgIpc) is 3.79. The molecule has 3 saturated heterocycles. The van der Waals surface area contributed by atoms with Crippen LogP contribution in [0.2, 0.25) is 10.0 Å². The first-order chi connectivity index (χ1) is 23.2. The summed E-state index contributed by atoms with van der Waals surface area (Å²) in [4.78, 5) is 34.5. The Bertz CT molecular complexity index is 1650. The molecule has 0 spiro atoms. The number of benzene rings is 2. The molecule has 3 fully saturated rings. The van der Waals surface area contributed by atoms with E-state index in [1.54, 1.807) is 30.4 Å². The Kier molecular flexibility index (Phi) is 10.6. The lowest BCUT2D eigenvalue weighted by Gasteiger charge is -2.39. The highest BCUT2D eigenvalue weighted by Gasteiger charge is 2.34. The van der Waals surface area contributed by atoms with Crippen LogP contribution in [0.15, 0.2) is 49.3 Å². The molecule has 0 radical (unpaired) electrons. The fourth-order valence-corrected chi connectivity index (χ4v) is 7.14. The Balaban J connectivity index is 1.22. The van der Waals surface area contributed by atoms with Gasteiger partial charge in [-0.2, -0.15) is 0 Å². The maximum absolute atomic E-state index is 15.1. The molecule has 256 valence electrons. The summed E-state index contributed by atoms with van der Waals surface area (Å²) in [5.74, 6) is 0.539. The summed E-state index contributed by atoms with van der Waals surface area (Å²) in [6, 6.07) is 9.33. The van der Waals surface area contributed by atoms with E-state index in [1.807, 2.05) is 12.1 Å². The quantitative estimate of drug-likeness (QED) is 0.186. The zero-order valence-electron chi connectivity index (χ0n) is 27.4. The van der Waals surface area contributed by atoms with Crippen LogP contribution in [0.3, 0.4) is 0 Å². The fourth-order valence-electron chi connectivity index (χ4n) is 6.82. The van der Waals surface area contributed by atoms with Gasteiger partial charge in [-0.1, -0.05) is 35.8 Å². The Labute approximate surface area is 290 Å². The van der Waals surface area contributed by atoms with Gasteiger partial charge in [-0.25, -0.2) is 19.4 Å². The third-order valence-electron chi connectivity index (χ3n) is 9.48. The van der Waals surface area contributed by atoms with E-state index in [2.05, 4.69) is 56.0 Å². The maximum atomic E-state index is 15.1. The van der Waals surface area contributed by atoms with Crippen molar-refractivity contribution in [2.24, 2.45) is 0 Å². The van der Waals surface area contributed by atoms with Crippen molar-refractivity contribution >= 4 is 57.8 Å². The number of piperidine rings is 1. The molecule has 6 rings (SSSR count). The third kappa shape index (κ3) is 7.18. The molecular weight excluding hydrogens is 658 g/mol. The highest BCUT2D eigenvalue weighted by molar-refractivity contribution is 6.42. The molecule has 0 saturated carbocycles. The lowest BCUT2D eigenvalue weighted by Crippen LogP contribution is -2.45. The second-order valence-corrected chi connectivity index (χ2v) is 13.3. The van der Waals surface area contributed by atoms with Gasteiger partial charge >= 0.3 is 0 Å². The number of aromatic nitrogens is 2. The molecule has 11 nitrogen and oxygen atoms in total. The lowest BCUT2D eigenvalue weighted by molar-refractivity contribution is -0.111. The number of amides is 1. The average molecular weight is 700 g/mol. The predicted molar refractivity (Wildman–Crippen MR) is 188 cm³/mol. The molecule has 3 aromatic rings. The smallest absolute Gasteiger partial charge is 0.247 e. The molecule has 0 aliphatic carbocycles. The van der Waals surface area contributed by atoms with Gasteiger partial charge in [0.2, 0.25) is 5.91 Å².